The molecule has 7 nitrogen and oxygen atoms in total. The molecule has 1 aliphatic rings. The third kappa shape index (κ3) is 3.05. The van der Waals surface area contributed by atoms with Gasteiger partial charge in [-0.2, -0.15) is 5.26 Å². The Balaban J connectivity index is 1.65. The van der Waals surface area contributed by atoms with Crippen LogP contribution in [-0.4, -0.2) is 39.1 Å². The van der Waals surface area contributed by atoms with Crippen molar-refractivity contribution in [2.24, 2.45) is 0 Å². The zero-order chi connectivity index (χ0) is 14.7. The lowest BCUT2D eigenvalue weighted by Crippen LogP contribution is -2.26. The molecule has 3 heterocycles. The average Bonchev–Trinajstić information content (AvgIpc) is 2.98. The number of aryl methyl sites for hydroxylation is 1. The molecule has 0 aromatic carbocycles. The lowest BCUT2D eigenvalue weighted by atomic mass is 10.3. The summed E-state index contributed by atoms with van der Waals surface area (Å²) in [5.41, 5.74) is 1.36. The fraction of sp³-hybridized carbons (Fsp3) is 0.357. The van der Waals surface area contributed by atoms with Gasteiger partial charge in [-0.25, -0.2) is 19.9 Å². The Hall–Kier alpha value is -2.75. The number of hydrogen-bond donors (Lipinski definition) is 0. The Labute approximate surface area is 122 Å². The molecule has 1 atom stereocenters. The van der Waals surface area contributed by atoms with Gasteiger partial charge in [-0.3, -0.25) is 0 Å². The average molecular weight is 282 g/mol. The van der Waals surface area contributed by atoms with E-state index in [0.717, 1.165) is 18.5 Å². The van der Waals surface area contributed by atoms with Crippen molar-refractivity contribution in [2.75, 3.05) is 18.0 Å². The van der Waals surface area contributed by atoms with Gasteiger partial charge in [0.2, 0.25) is 5.95 Å². The number of aromatic nitrogens is 4. The van der Waals surface area contributed by atoms with E-state index in [1.54, 1.807) is 24.7 Å². The van der Waals surface area contributed by atoms with Crippen LogP contribution < -0.4 is 9.64 Å². The van der Waals surface area contributed by atoms with Crippen LogP contribution in [-0.2, 0) is 0 Å². The summed E-state index contributed by atoms with van der Waals surface area (Å²) in [6, 6.07) is 4.00. The summed E-state index contributed by atoms with van der Waals surface area (Å²) in [5, 5.41) is 8.87. The molecule has 0 radical (unpaired) electrons. The summed E-state index contributed by atoms with van der Waals surface area (Å²) >= 11 is 0. The maximum atomic E-state index is 8.87. The van der Waals surface area contributed by atoms with E-state index in [0.29, 0.717) is 24.2 Å². The molecule has 0 bridgehead atoms. The van der Waals surface area contributed by atoms with E-state index in [4.69, 9.17) is 10.00 Å². The van der Waals surface area contributed by atoms with Gasteiger partial charge in [0.1, 0.15) is 17.9 Å². The van der Waals surface area contributed by atoms with E-state index in [1.807, 2.05) is 17.9 Å². The zero-order valence-electron chi connectivity index (χ0n) is 11.6. The Morgan fingerprint density at radius 3 is 2.90 bits per heavy atom. The quantitative estimate of drug-likeness (QED) is 0.833. The first-order valence-electron chi connectivity index (χ1n) is 6.68. The molecule has 0 spiro atoms. The summed E-state index contributed by atoms with van der Waals surface area (Å²) in [4.78, 5) is 18.7. The number of nitrogens with zero attached hydrogens (tertiary/aromatic N) is 6. The highest BCUT2D eigenvalue weighted by Crippen LogP contribution is 2.19. The summed E-state index contributed by atoms with van der Waals surface area (Å²) in [6.45, 7) is 3.37. The van der Waals surface area contributed by atoms with Crippen molar-refractivity contribution in [1.29, 1.82) is 5.26 Å². The molecule has 1 saturated heterocycles. The van der Waals surface area contributed by atoms with Gasteiger partial charge in [-0.15, -0.1) is 0 Å². The molecule has 0 N–H and O–H groups in total. The second-order valence-corrected chi connectivity index (χ2v) is 4.87. The molecular weight excluding hydrogens is 268 g/mol. The molecule has 0 aliphatic carbocycles. The number of rotatable bonds is 3. The van der Waals surface area contributed by atoms with Gasteiger partial charge in [0, 0.05) is 31.6 Å². The monoisotopic (exact) mass is 282 g/mol. The first kappa shape index (κ1) is 13.2. The molecule has 0 saturated carbocycles. The van der Waals surface area contributed by atoms with E-state index in [9.17, 15) is 0 Å². The Morgan fingerprint density at radius 1 is 1.33 bits per heavy atom. The van der Waals surface area contributed by atoms with E-state index in [-0.39, 0.29) is 6.10 Å². The molecule has 3 rings (SSSR count). The van der Waals surface area contributed by atoms with Gasteiger partial charge in [0.05, 0.1) is 6.54 Å². The molecule has 1 unspecified atom stereocenters. The van der Waals surface area contributed by atoms with E-state index < -0.39 is 0 Å². The predicted octanol–water partition coefficient (Wildman–Crippen LogP) is 1.10. The number of ether oxygens (including phenoxy) is 1. The van der Waals surface area contributed by atoms with Crippen LogP contribution in [0.5, 0.6) is 6.01 Å². The summed E-state index contributed by atoms with van der Waals surface area (Å²) in [6.07, 6.45) is 5.90. The maximum Gasteiger partial charge on any atom is 0.316 e. The topological polar surface area (TPSA) is 87.8 Å². The maximum absolute atomic E-state index is 8.87. The van der Waals surface area contributed by atoms with Crippen molar-refractivity contribution < 1.29 is 4.74 Å². The molecule has 2 aromatic rings. The molecule has 1 aliphatic heterocycles. The minimum absolute atomic E-state index is 0.00190. The Morgan fingerprint density at radius 2 is 2.14 bits per heavy atom. The normalized spacial score (nSPS) is 17.5. The Bertz CT molecular complexity index is 666. The van der Waals surface area contributed by atoms with Crippen molar-refractivity contribution >= 4 is 5.95 Å². The Kier molecular flexibility index (Phi) is 3.60. The third-order valence-electron chi connectivity index (χ3n) is 3.21. The van der Waals surface area contributed by atoms with Crippen LogP contribution in [0.25, 0.3) is 0 Å². The summed E-state index contributed by atoms with van der Waals surface area (Å²) < 4.78 is 5.75. The van der Waals surface area contributed by atoms with E-state index in [1.165, 1.54) is 0 Å². The van der Waals surface area contributed by atoms with Crippen LogP contribution in [0.3, 0.4) is 0 Å². The minimum atomic E-state index is 0.00190. The largest absolute Gasteiger partial charge is 0.458 e. The first-order valence-corrected chi connectivity index (χ1v) is 6.68. The molecule has 1 fully saturated rings. The van der Waals surface area contributed by atoms with Crippen LogP contribution in [0.2, 0.25) is 0 Å². The smallest absolute Gasteiger partial charge is 0.316 e. The van der Waals surface area contributed by atoms with Crippen LogP contribution in [0.1, 0.15) is 17.7 Å². The van der Waals surface area contributed by atoms with Crippen LogP contribution in [0, 0.1) is 18.3 Å². The van der Waals surface area contributed by atoms with Crippen molar-refractivity contribution in [2.45, 2.75) is 19.4 Å². The standard InChI is InChI=1S/C14H14N6O/c1-10-7-17-14(18-8-10)21-12-3-5-20(9-12)13-16-4-2-11(6-15)19-13/h2,4,7-8,12H,3,5,9H2,1H3. The first-order chi connectivity index (χ1) is 10.2. The van der Waals surface area contributed by atoms with Crippen molar-refractivity contribution in [3.05, 3.63) is 35.9 Å². The predicted molar refractivity (Wildman–Crippen MR) is 74.8 cm³/mol. The molecule has 7 heteroatoms. The van der Waals surface area contributed by atoms with Crippen LogP contribution in [0.15, 0.2) is 24.7 Å². The van der Waals surface area contributed by atoms with E-state index in [2.05, 4.69) is 19.9 Å². The van der Waals surface area contributed by atoms with Gasteiger partial charge in [-0.1, -0.05) is 0 Å². The van der Waals surface area contributed by atoms with Crippen molar-refractivity contribution in [1.82, 2.24) is 19.9 Å². The molecule has 106 valence electrons. The lowest BCUT2D eigenvalue weighted by Gasteiger charge is -2.16. The highest BCUT2D eigenvalue weighted by atomic mass is 16.5. The van der Waals surface area contributed by atoms with Gasteiger partial charge < -0.3 is 9.64 Å². The summed E-state index contributed by atoms with van der Waals surface area (Å²) in [5.74, 6) is 0.560. The van der Waals surface area contributed by atoms with Gasteiger partial charge in [0.15, 0.2) is 0 Å². The van der Waals surface area contributed by atoms with Crippen LogP contribution >= 0.6 is 0 Å². The third-order valence-corrected chi connectivity index (χ3v) is 3.21. The van der Waals surface area contributed by atoms with Crippen molar-refractivity contribution in [3.8, 4) is 12.1 Å². The SMILES string of the molecule is Cc1cnc(OC2CCN(c3nccc(C#N)n3)C2)nc1. The zero-order valence-corrected chi connectivity index (χ0v) is 11.6. The fourth-order valence-corrected chi connectivity index (χ4v) is 2.16. The van der Waals surface area contributed by atoms with Crippen molar-refractivity contribution in [3.63, 3.8) is 0 Å². The van der Waals surface area contributed by atoms with Gasteiger partial charge >= 0.3 is 6.01 Å². The molecule has 2 aromatic heterocycles. The number of anilines is 1. The molecule has 21 heavy (non-hydrogen) atoms. The van der Waals surface area contributed by atoms with Gasteiger partial charge in [0.25, 0.3) is 0 Å². The molecule has 0 amide bonds. The van der Waals surface area contributed by atoms with Crippen LogP contribution in [0.4, 0.5) is 5.95 Å². The number of hydrogen-bond acceptors (Lipinski definition) is 7. The second-order valence-electron chi connectivity index (χ2n) is 4.87. The van der Waals surface area contributed by atoms with Gasteiger partial charge in [-0.05, 0) is 18.6 Å². The highest BCUT2D eigenvalue weighted by Gasteiger charge is 2.26. The second kappa shape index (κ2) is 5.71. The number of nitriles is 1. The fourth-order valence-electron chi connectivity index (χ4n) is 2.16. The minimum Gasteiger partial charge on any atom is -0.458 e. The highest BCUT2D eigenvalue weighted by molar-refractivity contribution is 5.35. The van der Waals surface area contributed by atoms with E-state index >= 15 is 0 Å². The summed E-state index contributed by atoms with van der Waals surface area (Å²) in [7, 11) is 0. The lowest BCUT2D eigenvalue weighted by molar-refractivity contribution is 0.206. The molecular formula is C14H14N6O.